The van der Waals surface area contributed by atoms with E-state index in [0.717, 1.165) is 25.2 Å². The Bertz CT molecular complexity index is 420. The van der Waals surface area contributed by atoms with Crippen LogP contribution < -0.4 is 16.4 Å². The van der Waals surface area contributed by atoms with Gasteiger partial charge in [-0.3, -0.25) is 4.79 Å². The highest BCUT2D eigenvalue weighted by molar-refractivity contribution is 5.81. The third kappa shape index (κ3) is 7.65. The van der Waals surface area contributed by atoms with Crippen LogP contribution in [-0.4, -0.2) is 62.2 Å². The number of carbonyl (C=O) groups is 1. The minimum Gasteiger partial charge on any atom is -0.508 e. The van der Waals surface area contributed by atoms with Crippen molar-refractivity contribution in [3.05, 3.63) is 29.8 Å². The Morgan fingerprint density at radius 3 is 2.52 bits per heavy atom. The van der Waals surface area contributed by atoms with Crippen LogP contribution in [0, 0.1) is 0 Å². The first-order valence-corrected chi connectivity index (χ1v) is 7.15. The van der Waals surface area contributed by atoms with Gasteiger partial charge in [-0.15, -0.1) is 0 Å². The fraction of sp³-hybridized carbons (Fsp3) is 0.533. The molecular weight excluding hydrogens is 268 g/mol. The van der Waals surface area contributed by atoms with Gasteiger partial charge < -0.3 is 26.4 Å². The van der Waals surface area contributed by atoms with E-state index < -0.39 is 6.04 Å². The fourth-order valence-electron chi connectivity index (χ4n) is 1.81. The number of phenols is 1. The van der Waals surface area contributed by atoms with Gasteiger partial charge in [0.15, 0.2) is 0 Å². The van der Waals surface area contributed by atoms with E-state index in [-0.39, 0.29) is 11.7 Å². The van der Waals surface area contributed by atoms with E-state index in [9.17, 15) is 9.90 Å². The SMILES string of the molecule is CN(C)CCNCCNC(=O)C(N)Cc1ccc(O)cc1. The molecule has 0 saturated heterocycles. The number of aromatic hydroxyl groups is 1. The summed E-state index contributed by atoms with van der Waals surface area (Å²) in [6, 6.07) is 6.15. The molecule has 1 amide bonds. The number of benzene rings is 1. The predicted octanol–water partition coefficient (Wildman–Crippen LogP) is -0.471. The number of nitrogens with two attached hydrogens (primary N) is 1. The molecule has 1 aromatic rings. The molecule has 0 bridgehead atoms. The second-order valence-electron chi connectivity index (χ2n) is 5.32. The van der Waals surface area contributed by atoms with Crippen LogP contribution >= 0.6 is 0 Å². The molecule has 6 nitrogen and oxygen atoms in total. The van der Waals surface area contributed by atoms with Crippen LogP contribution in [0.1, 0.15) is 5.56 Å². The van der Waals surface area contributed by atoms with Crippen LogP contribution in [0.4, 0.5) is 0 Å². The molecule has 21 heavy (non-hydrogen) atoms. The number of nitrogens with zero attached hydrogens (tertiary/aromatic N) is 1. The minimum atomic E-state index is -0.573. The highest BCUT2D eigenvalue weighted by Crippen LogP contribution is 2.10. The normalized spacial score (nSPS) is 12.4. The van der Waals surface area contributed by atoms with Crippen LogP contribution in [0.5, 0.6) is 5.75 Å². The van der Waals surface area contributed by atoms with E-state index in [1.165, 1.54) is 0 Å². The maximum Gasteiger partial charge on any atom is 0.237 e. The largest absolute Gasteiger partial charge is 0.508 e. The summed E-state index contributed by atoms with van der Waals surface area (Å²) in [4.78, 5) is 13.9. The number of phenolic OH excluding ortho intramolecular Hbond substituents is 1. The number of carbonyl (C=O) groups excluding carboxylic acids is 1. The van der Waals surface area contributed by atoms with Crippen LogP contribution in [0.15, 0.2) is 24.3 Å². The summed E-state index contributed by atoms with van der Waals surface area (Å²) in [5.41, 5.74) is 6.80. The number of amides is 1. The molecule has 0 aliphatic carbocycles. The van der Waals surface area contributed by atoms with E-state index in [2.05, 4.69) is 15.5 Å². The monoisotopic (exact) mass is 294 g/mol. The van der Waals surface area contributed by atoms with Crippen molar-refractivity contribution in [3.8, 4) is 5.75 Å². The van der Waals surface area contributed by atoms with Crippen molar-refractivity contribution < 1.29 is 9.90 Å². The molecule has 0 radical (unpaired) electrons. The van der Waals surface area contributed by atoms with Crippen molar-refractivity contribution in [1.29, 1.82) is 0 Å². The Balaban J connectivity index is 2.18. The van der Waals surface area contributed by atoms with Crippen molar-refractivity contribution in [2.75, 3.05) is 40.3 Å². The van der Waals surface area contributed by atoms with Crippen LogP contribution in [0.3, 0.4) is 0 Å². The third-order valence-corrected chi connectivity index (χ3v) is 3.07. The molecule has 1 unspecified atom stereocenters. The van der Waals surface area contributed by atoms with Gasteiger partial charge in [0, 0.05) is 26.2 Å². The lowest BCUT2D eigenvalue weighted by Crippen LogP contribution is -2.44. The van der Waals surface area contributed by atoms with Gasteiger partial charge >= 0.3 is 0 Å². The summed E-state index contributed by atoms with van der Waals surface area (Å²) in [5.74, 6) is 0.0538. The van der Waals surface area contributed by atoms with Crippen LogP contribution in [0.2, 0.25) is 0 Å². The lowest BCUT2D eigenvalue weighted by Gasteiger charge is -2.13. The standard InChI is InChI=1S/C15H26N4O2/c1-19(2)10-9-17-7-8-18-15(21)14(16)11-12-3-5-13(20)6-4-12/h3-6,14,17,20H,7-11,16H2,1-2H3,(H,18,21). The van der Waals surface area contributed by atoms with Crippen LogP contribution in [0.25, 0.3) is 0 Å². The maximum absolute atomic E-state index is 11.8. The Labute approximate surface area is 126 Å². The molecule has 0 saturated carbocycles. The maximum atomic E-state index is 11.8. The Kier molecular flexibility index (Phi) is 7.74. The highest BCUT2D eigenvalue weighted by Gasteiger charge is 2.13. The summed E-state index contributed by atoms with van der Waals surface area (Å²) in [6.07, 6.45) is 0.459. The van der Waals surface area contributed by atoms with Gasteiger partial charge in [0.05, 0.1) is 6.04 Å². The van der Waals surface area contributed by atoms with Crippen molar-refractivity contribution in [1.82, 2.24) is 15.5 Å². The van der Waals surface area contributed by atoms with Gasteiger partial charge in [0.2, 0.25) is 5.91 Å². The predicted molar refractivity (Wildman–Crippen MR) is 84.2 cm³/mol. The van der Waals surface area contributed by atoms with Crippen molar-refractivity contribution in [3.63, 3.8) is 0 Å². The number of likely N-dealkylation sites (N-methyl/N-ethyl adjacent to an activating group) is 1. The summed E-state index contributed by atoms with van der Waals surface area (Å²) < 4.78 is 0. The molecule has 1 atom stereocenters. The molecule has 0 aromatic heterocycles. The fourth-order valence-corrected chi connectivity index (χ4v) is 1.81. The average Bonchev–Trinajstić information content (AvgIpc) is 2.44. The van der Waals surface area contributed by atoms with Crippen LogP contribution in [-0.2, 0) is 11.2 Å². The Hall–Kier alpha value is -1.63. The van der Waals surface area contributed by atoms with Gasteiger partial charge in [-0.05, 0) is 38.2 Å². The van der Waals surface area contributed by atoms with E-state index >= 15 is 0 Å². The molecule has 6 heteroatoms. The summed E-state index contributed by atoms with van der Waals surface area (Å²) in [7, 11) is 4.04. The number of hydrogen-bond acceptors (Lipinski definition) is 5. The average molecular weight is 294 g/mol. The second kappa shape index (κ2) is 9.33. The lowest BCUT2D eigenvalue weighted by atomic mass is 10.1. The molecule has 1 rings (SSSR count). The molecule has 0 heterocycles. The first kappa shape index (κ1) is 17.4. The molecule has 0 aliphatic heterocycles. The van der Waals surface area contributed by atoms with E-state index in [4.69, 9.17) is 5.73 Å². The van der Waals surface area contributed by atoms with Gasteiger partial charge in [-0.1, -0.05) is 12.1 Å². The zero-order chi connectivity index (χ0) is 15.7. The van der Waals surface area contributed by atoms with Gasteiger partial charge in [-0.25, -0.2) is 0 Å². The smallest absolute Gasteiger partial charge is 0.237 e. The first-order valence-electron chi connectivity index (χ1n) is 7.15. The van der Waals surface area contributed by atoms with Crippen molar-refractivity contribution in [2.45, 2.75) is 12.5 Å². The van der Waals surface area contributed by atoms with Gasteiger partial charge in [0.1, 0.15) is 5.75 Å². The molecule has 0 spiro atoms. The first-order chi connectivity index (χ1) is 9.99. The highest BCUT2D eigenvalue weighted by atomic mass is 16.3. The zero-order valence-electron chi connectivity index (χ0n) is 12.8. The quantitative estimate of drug-likeness (QED) is 0.462. The molecule has 5 N–H and O–H groups in total. The molecule has 118 valence electrons. The summed E-state index contributed by atoms with van der Waals surface area (Å²) in [6.45, 7) is 3.15. The number of hydrogen-bond donors (Lipinski definition) is 4. The molecule has 0 fully saturated rings. The Morgan fingerprint density at radius 1 is 1.24 bits per heavy atom. The lowest BCUT2D eigenvalue weighted by molar-refractivity contribution is -0.122. The minimum absolute atomic E-state index is 0.155. The molecular formula is C15H26N4O2. The van der Waals surface area contributed by atoms with Crippen molar-refractivity contribution in [2.24, 2.45) is 5.73 Å². The number of rotatable bonds is 9. The van der Waals surface area contributed by atoms with Crippen molar-refractivity contribution >= 4 is 5.91 Å². The summed E-state index contributed by atoms with van der Waals surface area (Å²) >= 11 is 0. The Morgan fingerprint density at radius 2 is 1.90 bits per heavy atom. The molecule has 1 aromatic carbocycles. The second-order valence-corrected chi connectivity index (χ2v) is 5.32. The van der Waals surface area contributed by atoms with E-state index in [0.29, 0.717) is 13.0 Å². The summed E-state index contributed by atoms with van der Waals surface area (Å²) in [5, 5.41) is 15.3. The van der Waals surface area contributed by atoms with E-state index in [1.807, 2.05) is 14.1 Å². The van der Waals surface area contributed by atoms with Gasteiger partial charge in [0.25, 0.3) is 0 Å². The number of nitrogens with one attached hydrogen (secondary N) is 2. The topological polar surface area (TPSA) is 90.6 Å². The van der Waals surface area contributed by atoms with E-state index in [1.54, 1.807) is 24.3 Å². The zero-order valence-corrected chi connectivity index (χ0v) is 12.8. The third-order valence-electron chi connectivity index (χ3n) is 3.07. The molecule has 0 aliphatic rings. The van der Waals surface area contributed by atoms with Gasteiger partial charge in [-0.2, -0.15) is 0 Å².